The van der Waals surface area contributed by atoms with Crippen LogP contribution in [0.3, 0.4) is 0 Å². The standard InChI is InChI=1S/C16H20ClN3O/c1-9(2)14-19-15(18-5)11(4)16(20-14)21-13-7-6-10(3)8-12(13)17/h6-9H,1-5H3,(H,18,19,20). The monoisotopic (exact) mass is 305 g/mol. The summed E-state index contributed by atoms with van der Waals surface area (Å²) in [7, 11) is 1.84. The van der Waals surface area contributed by atoms with Crippen LogP contribution >= 0.6 is 11.6 Å². The summed E-state index contributed by atoms with van der Waals surface area (Å²) >= 11 is 6.22. The molecule has 0 radical (unpaired) electrons. The van der Waals surface area contributed by atoms with Crippen molar-refractivity contribution in [3.63, 3.8) is 0 Å². The normalized spacial score (nSPS) is 10.8. The number of aryl methyl sites for hydroxylation is 1. The minimum Gasteiger partial charge on any atom is -0.437 e. The van der Waals surface area contributed by atoms with Crippen molar-refractivity contribution >= 4 is 17.4 Å². The molecular weight excluding hydrogens is 286 g/mol. The quantitative estimate of drug-likeness (QED) is 0.889. The lowest BCUT2D eigenvalue weighted by molar-refractivity contribution is 0.453. The zero-order chi connectivity index (χ0) is 15.6. The number of rotatable bonds is 4. The van der Waals surface area contributed by atoms with Crippen LogP contribution in [-0.2, 0) is 0 Å². The van der Waals surface area contributed by atoms with Gasteiger partial charge in [0.05, 0.1) is 10.6 Å². The average Bonchev–Trinajstić information content (AvgIpc) is 2.43. The van der Waals surface area contributed by atoms with Gasteiger partial charge in [-0.15, -0.1) is 0 Å². The first-order valence-corrected chi connectivity index (χ1v) is 7.30. The van der Waals surface area contributed by atoms with Gasteiger partial charge in [-0.3, -0.25) is 0 Å². The van der Waals surface area contributed by atoms with Gasteiger partial charge in [0.25, 0.3) is 0 Å². The van der Waals surface area contributed by atoms with Crippen molar-refractivity contribution < 1.29 is 4.74 Å². The van der Waals surface area contributed by atoms with Crippen LogP contribution < -0.4 is 10.1 Å². The highest BCUT2D eigenvalue weighted by atomic mass is 35.5. The molecule has 0 amide bonds. The number of hydrogen-bond acceptors (Lipinski definition) is 4. The first kappa shape index (κ1) is 15.6. The summed E-state index contributed by atoms with van der Waals surface area (Å²) in [5.74, 6) is 2.85. The maximum atomic E-state index is 6.22. The topological polar surface area (TPSA) is 47.0 Å². The molecule has 112 valence electrons. The van der Waals surface area contributed by atoms with Crippen LogP contribution in [0.2, 0.25) is 5.02 Å². The molecule has 0 aliphatic rings. The van der Waals surface area contributed by atoms with Gasteiger partial charge in [0.15, 0.2) is 0 Å². The molecule has 2 rings (SSSR count). The number of hydrogen-bond donors (Lipinski definition) is 1. The van der Waals surface area contributed by atoms with E-state index in [-0.39, 0.29) is 5.92 Å². The smallest absolute Gasteiger partial charge is 0.227 e. The number of nitrogens with zero attached hydrogens (tertiary/aromatic N) is 2. The molecule has 0 aliphatic heterocycles. The molecule has 0 atom stereocenters. The highest BCUT2D eigenvalue weighted by molar-refractivity contribution is 6.32. The molecule has 1 aromatic carbocycles. The Labute approximate surface area is 130 Å². The van der Waals surface area contributed by atoms with Crippen LogP contribution in [0.4, 0.5) is 5.82 Å². The van der Waals surface area contributed by atoms with E-state index in [2.05, 4.69) is 15.3 Å². The van der Waals surface area contributed by atoms with Gasteiger partial charge in [0.1, 0.15) is 17.4 Å². The van der Waals surface area contributed by atoms with Crippen LogP contribution in [0, 0.1) is 13.8 Å². The summed E-state index contributed by atoms with van der Waals surface area (Å²) in [6.45, 7) is 8.01. The number of aromatic nitrogens is 2. The third-order valence-corrected chi connectivity index (χ3v) is 3.46. The predicted molar refractivity (Wildman–Crippen MR) is 86.7 cm³/mol. The van der Waals surface area contributed by atoms with Crippen LogP contribution in [-0.4, -0.2) is 17.0 Å². The first-order valence-electron chi connectivity index (χ1n) is 6.92. The molecule has 0 spiro atoms. The van der Waals surface area contributed by atoms with Crippen molar-refractivity contribution in [1.82, 2.24) is 9.97 Å². The SMILES string of the molecule is CNc1nc(C(C)C)nc(Oc2ccc(C)cc2Cl)c1C. The van der Waals surface area contributed by atoms with E-state index in [0.717, 1.165) is 22.8 Å². The Kier molecular flexibility index (Phi) is 4.68. The van der Waals surface area contributed by atoms with Gasteiger partial charge in [-0.2, -0.15) is 4.98 Å². The van der Waals surface area contributed by atoms with Crippen molar-refractivity contribution in [2.75, 3.05) is 12.4 Å². The van der Waals surface area contributed by atoms with Crippen LogP contribution in [0.5, 0.6) is 11.6 Å². The highest BCUT2D eigenvalue weighted by Crippen LogP contribution is 2.33. The summed E-state index contributed by atoms with van der Waals surface area (Å²) in [5.41, 5.74) is 1.95. The highest BCUT2D eigenvalue weighted by Gasteiger charge is 2.15. The average molecular weight is 306 g/mol. The lowest BCUT2D eigenvalue weighted by atomic mass is 10.2. The molecule has 0 saturated carbocycles. The molecule has 0 fully saturated rings. The lowest BCUT2D eigenvalue weighted by Gasteiger charge is -2.15. The van der Waals surface area contributed by atoms with E-state index in [1.807, 2.05) is 52.9 Å². The Balaban J connectivity index is 2.45. The lowest BCUT2D eigenvalue weighted by Crippen LogP contribution is -2.06. The molecule has 0 unspecified atom stereocenters. The molecule has 5 heteroatoms. The fourth-order valence-corrected chi connectivity index (χ4v) is 2.18. The Morgan fingerprint density at radius 3 is 2.48 bits per heavy atom. The van der Waals surface area contributed by atoms with Gasteiger partial charge in [-0.25, -0.2) is 4.98 Å². The minimum atomic E-state index is 0.216. The fourth-order valence-electron chi connectivity index (χ4n) is 1.91. The molecule has 1 aromatic heterocycles. The van der Waals surface area contributed by atoms with E-state index in [1.54, 1.807) is 0 Å². The Morgan fingerprint density at radius 1 is 1.19 bits per heavy atom. The summed E-state index contributed by atoms with van der Waals surface area (Å²) in [6.07, 6.45) is 0. The second-order valence-corrected chi connectivity index (χ2v) is 5.71. The zero-order valence-corrected chi connectivity index (χ0v) is 13.7. The van der Waals surface area contributed by atoms with E-state index in [9.17, 15) is 0 Å². The molecule has 0 aliphatic carbocycles. The van der Waals surface area contributed by atoms with Crippen molar-refractivity contribution in [1.29, 1.82) is 0 Å². The summed E-state index contributed by atoms with van der Waals surface area (Å²) in [4.78, 5) is 9.00. The van der Waals surface area contributed by atoms with Crippen LogP contribution in [0.1, 0.15) is 36.7 Å². The van der Waals surface area contributed by atoms with E-state index in [0.29, 0.717) is 16.7 Å². The maximum Gasteiger partial charge on any atom is 0.227 e. The number of ether oxygens (including phenoxy) is 1. The Hall–Kier alpha value is -1.81. The third kappa shape index (κ3) is 3.45. The van der Waals surface area contributed by atoms with Crippen molar-refractivity contribution in [2.24, 2.45) is 0 Å². The van der Waals surface area contributed by atoms with Gasteiger partial charge in [0.2, 0.25) is 5.88 Å². The maximum absolute atomic E-state index is 6.22. The van der Waals surface area contributed by atoms with Gasteiger partial charge in [-0.05, 0) is 31.5 Å². The van der Waals surface area contributed by atoms with Gasteiger partial charge in [0, 0.05) is 13.0 Å². The molecule has 4 nitrogen and oxygen atoms in total. The van der Waals surface area contributed by atoms with E-state index < -0.39 is 0 Å². The summed E-state index contributed by atoms with van der Waals surface area (Å²) in [6, 6.07) is 5.68. The van der Waals surface area contributed by atoms with Crippen molar-refractivity contribution in [2.45, 2.75) is 33.6 Å². The van der Waals surface area contributed by atoms with E-state index >= 15 is 0 Å². The molecule has 2 aromatic rings. The van der Waals surface area contributed by atoms with Gasteiger partial charge >= 0.3 is 0 Å². The third-order valence-electron chi connectivity index (χ3n) is 3.17. The summed E-state index contributed by atoms with van der Waals surface area (Å²) in [5, 5.41) is 3.65. The van der Waals surface area contributed by atoms with E-state index in [1.165, 1.54) is 0 Å². The van der Waals surface area contributed by atoms with Crippen molar-refractivity contribution in [3.05, 3.63) is 40.2 Å². The molecule has 1 N–H and O–H groups in total. The summed E-state index contributed by atoms with van der Waals surface area (Å²) < 4.78 is 5.91. The number of anilines is 1. The zero-order valence-electron chi connectivity index (χ0n) is 13.0. The largest absolute Gasteiger partial charge is 0.437 e. The second kappa shape index (κ2) is 6.31. The van der Waals surface area contributed by atoms with Gasteiger partial charge in [-0.1, -0.05) is 31.5 Å². The van der Waals surface area contributed by atoms with Gasteiger partial charge < -0.3 is 10.1 Å². The first-order chi connectivity index (χ1) is 9.92. The van der Waals surface area contributed by atoms with Crippen LogP contribution in [0.15, 0.2) is 18.2 Å². The van der Waals surface area contributed by atoms with Crippen LogP contribution in [0.25, 0.3) is 0 Å². The molecule has 21 heavy (non-hydrogen) atoms. The second-order valence-electron chi connectivity index (χ2n) is 5.30. The Bertz CT molecular complexity index is 656. The predicted octanol–water partition coefficient (Wildman–Crippen LogP) is 4.70. The Morgan fingerprint density at radius 2 is 1.90 bits per heavy atom. The fraction of sp³-hybridized carbons (Fsp3) is 0.375. The van der Waals surface area contributed by atoms with E-state index in [4.69, 9.17) is 16.3 Å². The molecular formula is C16H20ClN3O. The molecule has 0 saturated heterocycles. The van der Waals surface area contributed by atoms with Crippen molar-refractivity contribution in [3.8, 4) is 11.6 Å². The number of benzene rings is 1. The molecule has 0 bridgehead atoms. The molecule has 1 heterocycles. The number of nitrogens with one attached hydrogen (secondary N) is 1. The number of halogens is 1. The minimum absolute atomic E-state index is 0.216.